The van der Waals surface area contributed by atoms with E-state index in [1.165, 1.54) is 22.4 Å². The van der Waals surface area contributed by atoms with E-state index in [4.69, 9.17) is 5.73 Å². The molecule has 2 rings (SSSR count). The second kappa shape index (κ2) is 3.24. The third-order valence-corrected chi connectivity index (χ3v) is 3.42. The minimum absolute atomic E-state index is 0.0436. The van der Waals surface area contributed by atoms with Gasteiger partial charge in [-0.05, 0) is 49.4 Å². The minimum Gasteiger partial charge on any atom is -0.377 e. The maximum absolute atomic E-state index is 6.30. The van der Waals surface area contributed by atoms with E-state index in [9.17, 15) is 0 Å². The molecule has 0 amide bonds. The molecular weight excluding hydrogens is 184 g/mol. The van der Waals surface area contributed by atoms with Crippen LogP contribution in [0.3, 0.4) is 0 Å². The SMILES string of the molecule is Cc1cc(N(C)C)c(C2(N)CC2)cc1C. The highest BCUT2D eigenvalue weighted by atomic mass is 15.1. The van der Waals surface area contributed by atoms with Crippen molar-refractivity contribution in [1.29, 1.82) is 0 Å². The molecule has 2 N–H and O–H groups in total. The van der Waals surface area contributed by atoms with Crippen molar-refractivity contribution < 1.29 is 0 Å². The fraction of sp³-hybridized carbons (Fsp3) is 0.538. The van der Waals surface area contributed by atoms with Crippen LogP contribution in [0.1, 0.15) is 29.5 Å². The van der Waals surface area contributed by atoms with Gasteiger partial charge in [0.25, 0.3) is 0 Å². The molecule has 0 aromatic heterocycles. The summed E-state index contributed by atoms with van der Waals surface area (Å²) in [6, 6.07) is 4.51. The summed E-state index contributed by atoms with van der Waals surface area (Å²) in [7, 11) is 4.17. The highest BCUT2D eigenvalue weighted by molar-refractivity contribution is 5.60. The van der Waals surface area contributed by atoms with E-state index in [0.717, 1.165) is 12.8 Å². The summed E-state index contributed by atoms with van der Waals surface area (Å²) in [5.74, 6) is 0. The lowest BCUT2D eigenvalue weighted by Gasteiger charge is -2.23. The van der Waals surface area contributed by atoms with E-state index in [1.54, 1.807) is 0 Å². The van der Waals surface area contributed by atoms with Gasteiger partial charge in [0.05, 0.1) is 0 Å². The molecule has 1 aromatic rings. The van der Waals surface area contributed by atoms with Crippen molar-refractivity contribution in [3.8, 4) is 0 Å². The molecule has 0 aliphatic heterocycles. The monoisotopic (exact) mass is 204 g/mol. The highest BCUT2D eigenvalue weighted by Crippen LogP contribution is 2.46. The Hall–Kier alpha value is -1.02. The summed E-state index contributed by atoms with van der Waals surface area (Å²) in [6.45, 7) is 4.31. The van der Waals surface area contributed by atoms with E-state index < -0.39 is 0 Å². The zero-order valence-electron chi connectivity index (χ0n) is 10.1. The van der Waals surface area contributed by atoms with E-state index in [1.807, 2.05) is 0 Å². The van der Waals surface area contributed by atoms with Crippen LogP contribution in [-0.2, 0) is 5.54 Å². The highest BCUT2D eigenvalue weighted by Gasteiger charge is 2.42. The average Bonchev–Trinajstić information content (AvgIpc) is 2.88. The van der Waals surface area contributed by atoms with Crippen molar-refractivity contribution in [3.63, 3.8) is 0 Å². The second-order valence-corrected chi connectivity index (χ2v) is 5.00. The number of anilines is 1. The van der Waals surface area contributed by atoms with Gasteiger partial charge >= 0.3 is 0 Å². The Morgan fingerprint density at radius 3 is 2.13 bits per heavy atom. The Morgan fingerprint density at radius 1 is 1.13 bits per heavy atom. The standard InChI is InChI=1S/C13H20N2/c1-9-7-11(13(14)5-6-13)12(15(3)4)8-10(9)2/h7-8H,5-6,14H2,1-4H3. The molecule has 1 aliphatic carbocycles. The molecule has 0 spiro atoms. The first-order valence-electron chi connectivity index (χ1n) is 5.52. The quantitative estimate of drug-likeness (QED) is 0.801. The van der Waals surface area contributed by atoms with E-state index in [2.05, 4.69) is 45.0 Å². The van der Waals surface area contributed by atoms with Crippen molar-refractivity contribution in [3.05, 3.63) is 28.8 Å². The summed E-state index contributed by atoms with van der Waals surface area (Å²) in [4.78, 5) is 2.16. The maximum atomic E-state index is 6.30. The Morgan fingerprint density at radius 2 is 1.67 bits per heavy atom. The van der Waals surface area contributed by atoms with Crippen LogP contribution >= 0.6 is 0 Å². The van der Waals surface area contributed by atoms with Crippen LogP contribution in [0.25, 0.3) is 0 Å². The largest absolute Gasteiger partial charge is 0.377 e. The van der Waals surface area contributed by atoms with Crippen molar-refractivity contribution >= 4 is 5.69 Å². The van der Waals surface area contributed by atoms with Crippen LogP contribution in [0, 0.1) is 13.8 Å². The van der Waals surface area contributed by atoms with Crippen LogP contribution in [0.2, 0.25) is 0 Å². The van der Waals surface area contributed by atoms with E-state index in [0.29, 0.717) is 0 Å². The molecule has 1 saturated carbocycles. The summed E-state index contributed by atoms with van der Waals surface area (Å²) in [5, 5.41) is 0. The van der Waals surface area contributed by atoms with Gasteiger partial charge in [0, 0.05) is 25.3 Å². The predicted molar refractivity (Wildman–Crippen MR) is 65.3 cm³/mol. The Labute approximate surface area is 92.1 Å². The minimum atomic E-state index is -0.0436. The van der Waals surface area contributed by atoms with Gasteiger partial charge in [0.15, 0.2) is 0 Å². The smallest absolute Gasteiger partial charge is 0.0432 e. The van der Waals surface area contributed by atoms with Crippen LogP contribution in [-0.4, -0.2) is 14.1 Å². The molecule has 0 unspecified atom stereocenters. The lowest BCUT2D eigenvalue weighted by atomic mass is 9.97. The van der Waals surface area contributed by atoms with Crippen LogP contribution in [0.5, 0.6) is 0 Å². The molecule has 1 aromatic carbocycles. The molecule has 0 radical (unpaired) electrons. The summed E-state index contributed by atoms with van der Waals surface area (Å²) < 4.78 is 0. The fourth-order valence-corrected chi connectivity index (χ4v) is 1.97. The molecular formula is C13H20N2. The number of hydrogen-bond acceptors (Lipinski definition) is 2. The van der Waals surface area contributed by atoms with Crippen LogP contribution in [0.15, 0.2) is 12.1 Å². The molecule has 0 atom stereocenters. The van der Waals surface area contributed by atoms with E-state index in [-0.39, 0.29) is 5.54 Å². The number of nitrogens with zero attached hydrogens (tertiary/aromatic N) is 1. The van der Waals surface area contributed by atoms with Crippen molar-refractivity contribution in [1.82, 2.24) is 0 Å². The normalized spacial score (nSPS) is 17.7. The van der Waals surface area contributed by atoms with Gasteiger partial charge in [0.1, 0.15) is 0 Å². The first-order chi connectivity index (χ1) is 6.94. The average molecular weight is 204 g/mol. The molecule has 1 aliphatic rings. The second-order valence-electron chi connectivity index (χ2n) is 5.00. The summed E-state index contributed by atoms with van der Waals surface area (Å²) in [6.07, 6.45) is 2.24. The molecule has 1 fully saturated rings. The summed E-state index contributed by atoms with van der Waals surface area (Å²) in [5.41, 5.74) is 11.5. The van der Waals surface area contributed by atoms with Gasteiger partial charge in [-0.2, -0.15) is 0 Å². The van der Waals surface area contributed by atoms with Crippen molar-refractivity contribution in [2.24, 2.45) is 5.73 Å². The molecule has 0 bridgehead atoms. The molecule has 15 heavy (non-hydrogen) atoms. The number of aryl methyl sites for hydroxylation is 2. The first-order valence-corrected chi connectivity index (χ1v) is 5.52. The van der Waals surface area contributed by atoms with Gasteiger partial charge in [-0.15, -0.1) is 0 Å². The Bertz CT molecular complexity index is 390. The van der Waals surface area contributed by atoms with Gasteiger partial charge in [0.2, 0.25) is 0 Å². The fourth-order valence-electron chi connectivity index (χ4n) is 1.97. The number of benzene rings is 1. The van der Waals surface area contributed by atoms with Gasteiger partial charge in [-0.25, -0.2) is 0 Å². The summed E-state index contributed by atoms with van der Waals surface area (Å²) >= 11 is 0. The lowest BCUT2D eigenvalue weighted by Crippen LogP contribution is -2.23. The third kappa shape index (κ3) is 1.74. The van der Waals surface area contributed by atoms with E-state index >= 15 is 0 Å². The predicted octanol–water partition coefficient (Wildman–Crippen LogP) is 2.32. The maximum Gasteiger partial charge on any atom is 0.0432 e. The Kier molecular flexibility index (Phi) is 2.27. The van der Waals surface area contributed by atoms with Crippen LogP contribution in [0.4, 0.5) is 5.69 Å². The zero-order chi connectivity index (χ0) is 11.2. The van der Waals surface area contributed by atoms with Crippen LogP contribution < -0.4 is 10.6 Å². The number of rotatable bonds is 2. The third-order valence-electron chi connectivity index (χ3n) is 3.42. The van der Waals surface area contributed by atoms with Gasteiger partial charge in [-0.3, -0.25) is 0 Å². The van der Waals surface area contributed by atoms with Gasteiger partial charge < -0.3 is 10.6 Å². The number of nitrogens with two attached hydrogens (primary N) is 1. The molecule has 0 saturated heterocycles. The molecule has 2 heteroatoms. The van der Waals surface area contributed by atoms with Gasteiger partial charge in [-0.1, -0.05) is 6.07 Å². The van der Waals surface area contributed by atoms with Crippen molar-refractivity contribution in [2.75, 3.05) is 19.0 Å². The molecule has 0 heterocycles. The lowest BCUT2D eigenvalue weighted by molar-refractivity contribution is 0.735. The first kappa shape index (κ1) is 10.5. The Balaban J connectivity index is 2.56. The van der Waals surface area contributed by atoms with Crippen molar-refractivity contribution in [2.45, 2.75) is 32.2 Å². The number of hydrogen-bond donors (Lipinski definition) is 1. The zero-order valence-corrected chi connectivity index (χ0v) is 10.1. The molecule has 82 valence electrons. The topological polar surface area (TPSA) is 29.3 Å². The molecule has 2 nitrogen and oxygen atoms in total.